The van der Waals surface area contributed by atoms with Crippen molar-refractivity contribution < 1.29 is 14.0 Å². The molecule has 0 saturated heterocycles. The lowest BCUT2D eigenvalue weighted by atomic mass is 10.1. The molecule has 1 fully saturated rings. The Morgan fingerprint density at radius 3 is 2.61 bits per heavy atom. The number of nitrogens with one attached hydrogen (secondary N) is 2. The van der Waals surface area contributed by atoms with E-state index < -0.39 is 0 Å². The predicted octanol–water partition coefficient (Wildman–Crippen LogP) is 1.32. The molecule has 0 heterocycles. The van der Waals surface area contributed by atoms with Crippen molar-refractivity contribution in [1.29, 1.82) is 0 Å². The van der Waals surface area contributed by atoms with E-state index in [1.165, 1.54) is 6.07 Å². The molecular formula is C13H15FN2O2. The lowest BCUT2D eigenvalue weighted by molar-refractivity contribution is -0.129. The van der Waals surface area contributed by atoms with Gasteiger partial charge in [-0.25, -0.2) is 4.39 Å². The molecule has 1 aromatic rings. The van der Waals surface area contributed by atoms with Gasteiger partial charge in [-0.1, -0.05) is 18.2 Å². The minimum absolute atomic E-state index is 0.0527. The van der Waals surface area contributed by atoms with Gasteiger partial charge in [0.15, 0.2) is 0 Å². The second kappa shape index (κ2) is 5.62. The van der Waals surface area contributed by atoms with Crippen molar-refractivity contribution in [2.24, 2.45) is 5.92 Å². The van der Waals surface area contributed by atoms with Gasteiger partial charge in [-0.05, 0) is 30.9 Å². The predicted molar refractivity (Wildman–Crippen MR) is 63.7 cm³/mol. The van der Waals surface area contributed by atoms with Crippen LogP contribution < -0.4 is 10.9 Å². The number of rotatable bonds is 4. The second-order valence-electron chi connectivity index (χ2n) is 4.40. The lowest BCUT2D eigenvalue weighted by Crippen LogP contribution is -2.42. The van der Waals surface area contributed by atoms with Crippen LogP contribution in [0.5, 0.6) is 0 Å². The fraction of sp³-hybridized carbons (Fsp3) is 0.385. The van der Waals surface area contributed by atoms with E-state index in [0.717, 1.165) is 12.8 Å². The molecule has 2 rings (SSSR count). The van der Waals surface area contributed by atoms with Gasteiger partial charge in [-0.2, -0.15) is 0 Å². The number of carbonyl (C=O) groups excluding carboxylic acids is 2. The van der Waals surface area contributed by atoms with E-state index in [-0.39, 0.29) is 30.0 Å². The number of hydrazine groups is 1. The van der Waals surface area contributed by atoms with Crippen LogP contribution in [0.3, 0.4) is 0 Å². The summed E-state index contributed by atoms with van der Waals surface area (Å²) in [7, 11) is 0. The molecule has 1 aliphatic rings. The standard InChI is InChI=1S/C13H15FN2O2/c14-11-4-2-1-3-9(11)7-8-12(17)15-16-13(18)10-5-6-10/h1-4,10H,5-8H2,(H,15,17)(H,16,18). The molecule has 0 aromatic heterocycles. The summed E-state index contributed by atoms with van der Waals surface area (Å²) in [5.41, 5.74) is 5.20. The van der Waals surface area contributed by atoms with Gasteiger partial charge in [-0.3, -0.25) is 20.4 Å². The highest BCUT2D eigenvalue weighted by Gasteiger charge is 2.29. The van der Waals surface area contributed by atoms with Gasteiger partial charge in [0.1, 0.15) is 5.82 Å². The van der Waals surface area contributed by atoms with Crippen LogP contribution in [0, 0.1) is 11.7 Å². The maximum atomic E-state index is 13.3. The molecule has 0 spiro atoms. The molecule has 96 valence electrons. The van der Waals surface area contributed by atoms with Crippen LogP contribution in [0.15, 0.2) is 24.3 Å². The molecule has 1 saturated carbocycles. The SMILES string of the molecule is O=C(CCc1ccccc1F)NNC(=O)C1CC1. The van der Waals surface area contributed by atoms with Crippen molar-refractivity contribution in [3.05, 3.63) is 35.6 Å². The third-order valence-corrected chi connectivity index (χ3v) is 2.85. The van der Waals surface area contributed by atoms with Crippen molar-refractivity contribution in [3.8, 4) is 0 Å². The number of aryl methyl sites for hydroxylation is 1. The Hall–Kier alpha value is -1.91. The molecule has 5 heteroatoms. The molecule has 0 unspecified atom stereocenters. The van der Waals surface area contributed by atoms with Crippen molar-refractivity contribution in [1.82, 2.24) is 10.9 Å². The van der Waals surface area contributed by atoms with Gasteiger partial charge in [0.25, 0.3) is 0 Å². The Labute approximate surface area is 105 Å². The first kappa shape index (κ1) is 12.5. The molecule has 0 atom stereocenters. The molecule has 2 N–H and O–H groups in total. The summed E-state index contributed by atoms with van der Waals surface area (Å²) >= 11 is 0. The average Bonchev–Trinajstić information content (AvgIpc) is 3.19. The Morgan fingerprint density at radius 1 is 1.22 bits per heavy atom. The Kier molecular flexibility index (Phi) is 3.92. The second-order valence-corrected chi connectivity index (χ2v) is 4.40. The van der Waals surface area contributed by atoms with E-state index in [1.807, 2.05) is 0 Å². The molecule has 18 heavy (non-hydrogen) atoms. The first-order chi connectivity index (χ1) is 8.66. The van der Waals surface area contributed by atoms with Crippen molar-refractivity contribution in [2.75, 3.05) is 0 Å². The summed E-state index contributed by atoms with van der Waals surface area (Å²) in [5.74, 6) is -0.717. The Balaban J connectivity index is 1.71. The summed E-state index contributed by atoms with van der Waals surface area (Å²) in [4.78, 5) is 22.7. The number of hydrogen-bond donors (Lipinski definition) is 2. The van der Waals surface area contributed by atoms with E-state index >= 15 is 0 Å². The Bertz CT molecular complexity index is 458. The fourth-order valence-corrected chi connectivity index (χ4v) is 1.59. The van der Waals surface area contributed by atoms with Gasteiger partial charge in [0.05, 0.1) is 0 Å². The number of hydrogen-bond acceptors (Lipinski definition) is 2. The van der Waals surface area contributed by atoms with Crippen LogP contribution in [-0.2, 0) is 16.0 Å². The monoisotopic (exact) mass is 250 g/mol. The van der Waals surface area contributed by atoms with Gasteiger partial charge < -0.3 is 0 Å². The smallest absolute Gasteiger partial charge is 0.241 e. The highest BCUT2D eigenvalue weighted by Crippen LogP contribution is 2.28. The first-order valence-electron chi connectivity index (χ1n) is 5.99. The molecule has 0 aliphatic heterocycles. The number of amides is 2. The van der Waals surface area contributed by atoms with E-state index in [2.05, 4.69) is 10.9 Å². The van der Waals surface area contributed by atoms with Crippen LogP contribution >= 0.6 is 0 Å². The van der Waals surface area contributed by atoms with Gasteiger partial charge in [-0.15, -0.1) is 0 Å². The highest BCUT2D eigenvalue weighted by molar-refractivity contribution is 5.84. The van der Waals surface area contributed by atoms with E-state index in [1.54, 1.807) is 18.2 Å². The number of halogens is 1. The normalized spacial score (nSPS) is 14.1. The quantitative estimate of drug-likeness (QED) is 0.792. The average molecular weight is 250 g/mol. The summed E-state index contributed by atoms with van der Waals surface area (Å²) in [6.45, 7) is 0. The molecule has 2 amide bonds. The first-order valence-corrected chi connectivity index (χ1v) is 5.99. The minimum Gasteiger partial charge on any atom is -0.273 e. The fourth-order valence-electron chi connectivity index (χ4n) is 1.59. The molecule has 4 nitrogen and oxygen atoms in total. The molecule has 1 aromatic carbocycles. The molecule has 1 aliphatic carbocycles. The third kappa shape index (κ3) is 3.55. The van der Waals surface area contributed by atoms with Crippen LogP contribution in [0.1, 0.15) is 24.8 Å². The third-order valence-electron chi connectivity index (χ3n) is 2.85. The molecule has 0 radical (unpaired) electrons. The molecular weight excluding hydrogens is 235 g/mol. The Morgan fingerprint density at radius 2 is 1.94 bits per heavy atom. The molecule has 0 bridgehead atoms. The zero-order chi connectivity index (χ0) is 13.0. The summed E-state index contributed by atoms with van der Waals surface area (Å²) < 4.78 is 13.3. The van der Waals surface area contributed by atoms with Gasteiger partial charge in [0.2, 0.25) is 11.8 Å². The summed E-state index contributed by atoms with van der Waals surface area (Å²) in [6.07, 6.45) is 2.23. The number of carbonyl (C=O) groups is 2. The topological polar surface area (TPSA) is 58.2 Å². The van der Waals surface area contributed by atoms with Crippen LogP contribution in [0.4, 0.5) is 4.39 Å². The van der Waals surface area contributed by atoms with Crippen LogP contribution in [-0.4, -0.2) is 11.8 Å². The number of benzene rings is 1. The van der Waals surface area contributed by atoms with E-state index in [4.69, 9.17) is 0 Å². The zero-order valence-corrected chi connectivity index (χ0v) is 9.91. The van der Waals surface area contributed by atoms with Crippen molar-refractivity contribution in [2.45, 2.75) is 25.7 Å². The minimum atomic E-state index is -0.313. The van der Waals surface area contributed by atoms with Gasteiger partial charge in [0, 0.05) is 12.3 Å². The highest BCUT2D eigenvalue weighted by atomic mass is 19.1. The van der Waals surface area contributed by atoms with E-state index in [9.17, 15) is 14.0 Å². The van der Waals surface area contributed by atoms with Crippen molar-refractivity contribution in [3.63, 3.8) is 0 Å². The largest absolute Gasteiger partial charge is 0.273 e. The zero-order valence-electron chi connectivity index (χ0n) is 9.91. The summed E-state index contributed by atoms with van der Waals surface area (Å²) in [6, 6.07) is 6.34. The summed E-state index contributed by atoms with van der Waals surface area (Å²) in [5, 5.41) is 0. The maximum absolute atomic E-state index is 13.3. The van der Waals surface area contributed by atoms with Gasteiger partial charge >= 0.3 is 0 Å². The van der Waals surface area contributed by atoms with Crippen LogP contribution in [0.25, 0.3) is 0 Å². The van der Waals surface area contributed by atoms with Crippen LogP contribution in [0.2, 0.25) is 0 Å². The van der Waals surface area contributed by atoms with E-state index in [0.29, 0.717) is 12.0 Å². The van der Waals surface area contributed by atoms with Crippen molar-refractivity contribution >= 4 is 11.8 Å². The maximum Gasteiger partial charge on any atom is 0.241 e. The lowest BCUT2D eigenvalue weighted by Gasteiger charge is -2.07.